The van der Waals surface area contributed by atoms with E-state index < -0.39 is 5.97 Å². The number of methoxy groups -OCH3 is 1. The molecule has 0 bridgehead atoms. The zero-order valence-electron chi connectivity index (χ0n) is 16.0. The third-order valence-electron chi connectivity index (χ3n) is 4.20. The van der Waals surface area contributed by atoms with Crippen LogP contribution in [0.5, 0.6) is 0 Å². The van der Waals surface area contributed by atoms with Crippen molar-refractivity contribution >= 4 is 29.2 Å². The summed E-state index contributed by atoms with van der Waals surface area (Å²) < 4.78 is 4.66. The lowest BCUT2D eigenvalue weighted by Gasteiger charge is -2.21. The Labute approximate surface area is 159 Å². The highest BCUT2D eigenvalue weighted by Crippen LogP contribution is 2.18. The highest BCUT2D eigenvalue weighted by atomic mass is 16.5. The first-order valence-corrected chi connectivity index (χ1v) is 8.65. The van der Waals surface area contributed by atoms with Gasteiger partial charge in [0.2, 0.25) is 11.8 Å². The van der Waals surface area contributed by atoms with E-state index in [-0.39, 0.29) is 24.8 Å². The van der Waals surface area contributed by atoms with E-state index in [1.54, 1.807) is 24.3 Å². The number of hydrogen-bond donors (Lipinski definition) is 1. The molecule has 0 radical (unpaired) electrons. The van der Waals surface area contributed by atoms with Crippen LogP contribution in [-0.2, 0) is 14.3 Å². The minimum Gasteiger partial charge on any atom is -0.465 e. The SMILES string of the molecule is COC(=O)c1ccc(N(CCC(=O)Nc2ccc(C)cc2C)C(C)=O)cc1. The van der Waals surface area contributed by atoms with E-state index in [4.69, 9.17) is 0 Å². The summed E-state index contributed by atoms with van der Waals surface area (Å²) in [6.07, 6.45) is 0.158. The maximum absolute atomic E-state index is 12.3. The van der Waals surface area contributed by atoms with Crippen molar-refractivity contribution in [2.24, 2.45) is 0 Å². The highest BCUT2D eigenvalue weighted by molar-refractivity contribution is 5.96. The number of carbonyl (C=O) groups excluding carboxylic acids is 3. The van der Waals surface area contributed by atoms with E-state index in [1.165, 1.54) is 18.9 Å². The first-order valence-electron chi connectivity index (χ1n) is 8.65. The molecule has 2 amide bonds. The molecule has 0 saturated heterocycles. The summed E-state index contributed by atoms with van der Waals surface area (Å²) in [4.78, 5) is 37.3. The second-order valence-corrected chi connectivity index (χ2v) is 6.33. The zero-order valence-corrected chi connectivity index (χ0v) is 16.0. The zero-order chi connectivity index (χ0) is 20.0. The van der Waals surface area contributed by atoms with Crippen LogP contribution in [-0.4, -0.2) is 31.4 Å². The van der Waals surface area contributed by atoms with Gasteiger partial charge in [-0.1, -0.05) is 17.7 Å². The smallest absolute Gasteiger partial charge is 0.337 e. The number of nitrogens with zero attached hydrogens (tertiary/aromatic N) is 1. The largest absolute Gasteiger partial charge is 0.465 e. The molecule has 2 rings (SSSR count). The quantitative estimate of drug-likeness (QED) is 0.792. The summed E-state index contributed by atoms with van der Waals surface area (Å²) in [6.45, 7) is 5.61. The molecule has 0 spiro atoms. The van der Waals surface area contributed by atoms with Crippen molar-refractivity contribution in [1.82, 2.24) is 0 Å². The first-order chi connectivity index (χ1) is 12.8. The lowest BCUT2D eigenvalue weighted by Crippen LogP contribution is -2.32. The lowest BCUT2D eigenvalue weighted by atomic mass is 10.1. The molecular weight excluding hydrogens is 344 g/mol. The number of nitrogens with one attached hydrogen (secondary N) is 1. The van der Waals surface area contributed by atoms with E-state index in [2.05, 4.69) is 10.1 Å². The Hall–Kier alpha value is -3.15. The molecule has 6 heteroatoms. The van der Waals surface area contributed by atoms with Crippen LogP contribution in [0.3, 0.4) is 0 Å². The lowest BCUT2D eigenvalue weighted by molar-refractivity contribution is -0.117. The van der Waals surface area contributed by atoms with Gasteiger partial charge in [-0.3, -0.25) is 9.59 Å². The van der Waals surface area contributed by atoms with Crippen LogP contribution < -0.4 is 10.2 Å². The van der Waals surface area contributed by atoms with Gasteiger partial charge in [0.15, 0.2) is 0 Å². The normalized spacial score (nSPS) is 10.2. The second kappa shape index (κ2) is 8.98. The number of benzene rings is 2. The van der Waals surface area contributed by atoms with Gasteiger partial charge in [-0.05, 0) is 49.7 Å². The number of carbonyl (C=O) groups is 3. The Kier molecular flexibility index (Phi) is 6.71. The van der Waals surface area contributed by atoms with Gasteiger partial charge in [0.05, 0.1) is 12.7 Å². The van der Waals surface area contributed by atoms with E-state index >= 15 is 0 Å². The van der Waals surface area contributed by atoms with Gasteiger partial charge in [0.1, 0.15) is 0 Å². The highest BCUT2D eigenvalue weighted by Gasteiger charge is 2.15. The topological polar surface area (TPSA) is 75.7 Å². The number of hydrogen-bond acceptors (Lipinski definition) is 4. The Morgan fingerprint density at radius 1 is 1.04 bits per heavy atom. The van der Waals surface area contributed by atoms with Crippen molar-refractivity contribution in [2.75, 3.05) is 23.9 Å². The van der Waals surface area contributed by atoms with Gasteiger partial charge in [-0.2, -0.15) is 0 Å². The molecule has 1 N–H and O–H groups in total. The fourth-order valence-corrected chi connectivity index (χ4v) is 2.74. The van der Waals surface area contributed by atoms with Crippen molar-refractivity contribution in [3.63, 3.8) is 0 Å². The van der Waals surface area contributed by atoms with Crippen LogP contribution in [0.2, 0.25) is 0 Å². The number of rotatable bonds is 6. The fourth-order valence-electron chi connectivity index (χ4n) is 2.74. The van der Waals surface area contributed by atoms with Crippen LogP contribution in [0.15, 0.2) is 42.5 Å². The molecular formula is C21H24N2O4. The van der Waals surface area contributed by atoms with Crippen molar-refractivity contribution in [3.8, 4) is 0 Å². The Morgan fingerprint density at radius 2 is 1.70 bits per heavy atom. The average Bonchev–Trinajstić information content (AvgIpc) is 2.64. The van der Waals surface area contributed by atoms with Gasteiger partial charge in [0.25, 0.3) is 0 Å². The van der Waals surface area contributed by atoms with Gasteiger partial charge in [0, 0.05) is 31.3 Å². The Balaban J connectivity index is 2.02. The van der Waals surface area contributed by atoms with Gasteiger partial charge in [-0.25, -0.2) is 4.79 Å². The first kappa shape index (κ1) is 20.2. The molecule has 2 aromatic carbocycles. The molecule has 27 heavy (non-hydrogen) atoms. The number of esters is 1. The monoisotopic (exact) mass is 368 g/mol. The standard InChI is InChI=1S/C21H24N2O4/c1-14-5-10-19(15(2)13-14)22-20(25)11-12-23(16(3)24)18-8-6-17(7-9-18)21(26)27-4/h5-10,13H,11-12H2,1-4H3,(H,22,25). The molecule has 0 unspecified atom stereocenters. The molecule has 0 fully saturated rings. The second-order valence-electron chi connectivity index (χ2n) is 6.33. The molecule has 0 aliphatic carbocycles. The number of aryl methyl sites for hydroxylation is 2. The molecule has 0 aromatic heterocycles. The Bertz CT molecular complexity index is 844. The molecule has 0 saturated carbocycles. The minimum absolute atomic E-state index is 0.158. The average molecular weight is 368 g/mol. The summed E-state index contributed by atoms with van der Waals surface area (Å²) in [5, 5.41) is 2.88. The summed E-state index contributed by atoms with van der Waals surface area (Å²) in [5.41, 5.74) is 3.91. The predicted octanol–water partition coefficient (Wildman–Crippen LogP) is 3.47. The predicted molar refractivity (Wildman–Crippen MR) is 105 cm³/mol. The van der Waals surface area contributed by atoms with Crippen molar-refractivity contribution < 1.29 is 19.1 Å². The van der Waals surface area contributed by atoms with Gasteiger partial charge >= 0.3 is 5.97 Å². The van der Waals surface area contributed by atoms with Crippen molar-refractivity contribution in [3.05, 3.63) is 59.2 Å². The van der Waals surface area contributed by atoms with Gasteiger partial charge in [-0.15, -0.1) is 0 Å². The van der Waals surface area contributed by atoms with Crippen molar-refractivity contribution in [2.45, 2.75) is 27.2 Å². The summed E-state index contributed by atoms with van der Waals surface area (Å²) >= 11 is 0. The van der Waals surface area contributed by atoms with Crippen LogP contribution >= 0.6 is 0 Å². The van der Waals surface area contributed by atoms with E-state index in [0.29, 0.717) is 11.3 Å². The minimum atomic E-state index is -0.441. The summed E-state index contributed by atoms with van der Waals surface area (Å²) in [6, 6.07) is 12.3. The molecule has 0 heterocycles. The fraction of sp³-hybridized carbons (Fsp3) is 0.286. The molecule has 6 nitrogen and oxygen atoms in total. The van der Waals surface area contributed by atoms with E-state index in [0.717, 1.165) is 16.8 Å². The Morgan fingerprint density at radius 3 is 2.26 bits per heavy atom. The number of amides is 2. The maximum Gasteiger partial charge on any atom is 0.337 e. The van der Waals surface area contributed by atoms with E-state index in [1.807, 2.05) is 32.0 Å². The third-order valence-corrected chi connectivity index (χ3v) is 4.20. The van der Waals surface area contributed by atoms with Crippen LogP contribution in [0.1, 0.15) is 34.8 Å². The number of ether oxygens (including phenoxy) is 1. The third kappa shape index (κ3) is 5.41. The van der Waals surface area contributed by atoms with Crippen LogP contribution in [0.4, 0.5) is 11.4 Å². The van der Waals surface area contributed by atoms with Gasteiger partial charge < -0.3 is 15.0 Å². The molecule has 2 aromatic rings. The summed E-state index contributed by atoms with van der Waals surface area (Å²) in [5.74, 6) is -0.789. The molecule has 0 atom stereocenters. The molecule has 142 valence electrons. The maximum atomic E-state index is 12.3. The molecule has 0 aliphatic rings. The van der Waals surface area contributed by atoms with Crippen LogP contribution in [0, 0.1) is 13.8 Å². The summed E-state index contributed by atoms with van der Waals surface area (Å²) in [7, 11) is 1.31. The van der Waals surface area contributed by atoms with Crippen molar-refractivity contribution in [1.29, 1.82) is 0 Å². The molecule has 0 aliphatic heterocycles. The van der Waals surface area contributed by atoms with E-state index in [9.17, 15) is 14.4 Å². The number of anilines is 2. The van der Waals surface area contributed by atoms with Crippen LogP contribution in [0.25, 0.3) is 0 Å².